The standard InChI is InChI=1S/C25H38F9NO8S.Na/c1-2-3-4-5-6-7-8-9-10-11-14-35-19(36)12-15-40-20(37)17-18(44-43-42-39)21(38)41-16-13-22(26,27)23(28,29)24(30,31)25(32,33)34;/h18,39H,2-17H2,1H3,(H,35,36);/q;+1/p-1. The maximum absolute atomic E-state index is 13.6. The van der Waals surface area contributed by atoms with Crippen LogP contribution in [0.3, 0.4) is 0 Å². The summed E-state index contributed by atoms with van der Waals surface area (Å²) in [5.41, 5.74) is 0. The molecule has 0 rings (SSSR count). The number of carbonyl (C=O) groups excluding carboxylic acids is 3. The zero-order chi connectivity index (χ0) is 33.9. The molecule has 0 saturated carbocycles. The quantitative estimate of drug-likeness (QED) is 0.0291. The second-order valence-electron chi connectivity index (χ2n) is 9.70. The summed E-state index contributed by atoms with van der Waals surface area (Å²) in [5.74, 6) is -23.3. The molecule has 0 fully saturated rings. The molecule has 0 aliphatic rings. The van der Waals surface area contributed by atoms with Gasteiger partial charge < -0.3 is 20.0 Å². The van der Waals surface area contributed by atoms with E-state index in [1.165, 1.54) is 32.1 Å². The average molecular weight is 706 g/mol. The van der Waals surface area contributed by atoms with Crippen LogP contribution < -0.4 is 40.1 Å². The molecule has 0 aliphatic heterocycles. The second kappa shape index (κ2) is 23.4. The molecule has 0 saturated heterocycles. The van der Waals surface area contributed by atoms with Crippen molar-refractivity contribution < 1.29 is 108 Å². The summed E-state index contributed by atoms with van der Waals surface area (Å²) in [6.07, 6.45) is 0.363. The largest absolute Gasteiger partial charge is 1.00 e. The predicted molar refractivity (Wildman–Crippen MR) is 135 cm³/mol. The number of alkyl halides is 9. The summed E-state index contributed by atoms with van der Waals surface area (Å²) in [5, 5.41) is 13.7. The second-order valence-corrected chi connectivity index (χ2v) is 10.6. The summed E-state index contributed by atoms with van der Waals surface area (Å²) in [6, 6.07) is 0. The number of esters is 2. The average Bonchev–Trinajstić information content (AvgIpc) is 2.92. The molecule has 0 aromatic rings. The third-order valence-electron chi connectivity index (χ3n) is 6.11. The number of rotatable bonds is 25. The van der Waals surface area contributed by atoms with E-state index in [1.807, 2.05) is 0 Å². The number of carbonyl (C=O) groups is 3. The van der Waals surface area contributed by atoms with E-state index in [9.17, 15) is 59.2 Å². The third-order valence-corrected chi connectivity index (χ3v) is 6.84. The van der Waals surface area contributed by atoms with Crippen LogP contribution in [0.1, 0.15) is 90.4 Å². The van der Waals surface area contributed by atoms with Crippen molar-refractivity contribution in [1.29, 1.82) is 0 Å². The molecule has 260 valence electrons. The van der Waals surface area contributed by atoms with Crippen LogP contribution in [0, 0.1) is 0 Å². The Bertz CT molecular complexity index is 858. The van der Waals surface area contributed by atoms with Gasteiger partial charge in [0, 0.05) is 18.6 Å². The van der Waals surface area contributed by atoms with Crippen LogP contribution >= 0.6 is 12.0 Å². The van der Waals surface area contributed by atoms with Crippen molar-refractivity contribution in [2.45, 2.75) is 120 Å². The molecule has 20 heteroatoms. The molecular weight excluding hydrogens is 668 g/mol. The fourth-order valence-corrected chi connectivity index (χ4v) is 4.03. The first-order chi connectivity index (χ1) is 20.4. The molecule has 0 aliphatic carbocycles. The summed E-state index contributed by atoms with van der Waals surface area (Å²) in [6.45, 7) is 0.310. The van der Waals surface area contributed by atoms with Gasteiger partial charge in [0.1, 0.15) is 11.9 Å². The van der Waals surface area contributed by atoms with E-state index in [1.54, 1.807) is 0 Å². The first kappa shape index (κ1) is 46.1. The predicted octanol–water partition coefficient (Wildman–Crippen LogP) is 2.99. The Morgan fingerprint density at radius 2 is 1.31 bits per heavy atom. The van der Waals surface area contributed by atoms with Crippen molar-refractivity contribution in [3.63, 3.8) is 0 Å². The van der Waals surface area contributed by atoms with Gasteiger partial charge in [0.15, 0.2) is 0 Å². The molecule has 0 aromatic heterocycles. The Labute approximate surface area is 281 Å². The maximum Gasteiger partial charge on any atom is 1.00 e. The van der Waals surface area contributed by atoms with E-state index in [4.69, 9.17) is 4.74 Å². The normalized spacial score (nSPS) is 13.1. The number of halogens is 9. The summed E-state index contributed by atoms with van der Waals surface area (Å²) < 4.78 is 129. The smallest absolute Gasteiger partial charge is 0.691 e. The van der Waals surface area contributed by atoms with Crippen LogP contribution in [0.25, 0.3) is 0 Å². The van der Waals surface area contributed by atoms with Gasteiger partial charge in [0.2, 0.25) is 5.91 Å². The van der Waals surface area contributed by atoms with Crippen molar-refractivity contribution in [1.82, 2.24) is 5.32 Å². The van der Waals surface area contributed by atoms with Crippen LogP contribution in [0.5, 0.6) is 0 Å². The zero-order valence-corrected chi connectivity index (χ0v) is 27.8. The van der Waals surface area contributed by atoms with Crippen molar-refractivity contribution in [2.75, 3.05) is 19.8 Å². The van der Waals surface area contributed by atoms with Crippen molar-refractivity contribution >= 4 is 29.9 Å². The van der Waals surface area contributed by atoms with E-state index in [0.29, 0.717) is 6.54 Å². The Balaban J connectivity index is 0. The summed E-state index contributed by atoms with van der Waals surface area (Å²) >= 11 is -0.200. The van der Waals surface area contributed by atoms with Gasteiger partial charge in [-0.25, -0.2) is 0 Å². The van der Waals surface area contributed by atoms with Crippen molar-refractivity contribution in [2.24, 2.45) is 0 Å². The van der Waals surface area contributed by atoms with Crippen molar-refractivity contribution in [3.05, 3.63) is 0 Å². The Hall–Kier alpha value is -0.990. The number of amides is 1. The van der Waals surface area contributed by atoms with Gasteiger partial charge in [0.25, 0.3) is 0 Å². The molecule has 9 nitrogen and oxygen atoms in total. The Morgan fingerprint density at radius 3 is 1.82 bits per heavy atom. The molecule has 0 aromatic carbocycles. The SMILES string of the molecule is CCCCCCCCCCCCNC(=O)CCOC(=O)CC(SOO[O-])C(=O)OCCC(F)(F)C(F)(F)C(F)(F)C(F)(F)F.[Na+]. The maximum atomic E-state index is 13.6. The van der Waals surface area contributed by atoms with Gasteiger partial charge in [0.05, 0.1) is 25.9 Å². The molecule has 1 atom stereocenters. The number of nitrogens with one attached hydrogen (secondary N) is 1. The van der Waals surface area contributed by atoms with Gasteiger partial charge in [-0.05, 0) is 6.42 Å². The minimum Gasteiger partial charge on any atom is -0.691 e. The molecule has 0 spiro atoms. The minimum atomic E-state index is -7.11. The molecular formula is C25H37F9NNaO8S. The monoisotopic (exact) mass is 705 g/mol. The fraction of sp³-hybridized carbons (Fsp3) is 0.880. The minimum absolute atomic E-state index is 0. The van der Waals surface area contributed by atoms with Gasteiger partial charge in [-0.3, -0.25) is 19.4 Å². The van der Waals surface area contributed by atoms with Gasteiger partial charge in [-0.2, -0.15) is 43.8 Å². The van der Waals surface area contributed by atoms with Crippen LogP contribution in [0.4, 0.5) is 39.5 Å². The molecule has 45 heavy (non-hydrogen) atoms. The van der Waals surface area contributed by atoms with E-state index in [-0.39, 0.29) is 48.0 Å². The number of ether oxygens (including phenoxy) is 2. The van der Waals surface area contributed by atoms with Crippen LogP contribution in [0.2, 0.25) is 0 Å². The van der Waals surface area contributed by atoms with Crippen LogP contribution in [-0.4, -0.2) is 66.8 Å². The molecule has 1 amide bonds. The number of hydrogen-bond donors (Lipinski definition) is 1. The zero-order valence-electron chi connectivity index (χ0n) is 25.0. The molecule has 0 bridgehead atoms. The molecule has 0 heterocycles. The van der Waals surface area contributed by atoms with Gasteiger partial charge in [-0.1, -0.05) is 64.7 Å². The molecule has 1 N–H and O–H groups in total. The number of hydrogen-bond acceptors (Lipinski definition) is 9. The summed E-state index contributed by atoms with van der Waals surface area (Å²) in [7, 11) is 0. The first-order valence-corrected chi connectivity index (χ1v) is 14.7. The van der Waals surface area contributed by atoms with E-state index < -0.39 is 73.1 Å². The Kier molecular flexibility index (Phi) is 23.9. The van der Waals surface area contributed by atoms with E-state index in [0.717, 1.165) is 32.1 Å². The van der Waals surface area contributed by atoms with E-state index >= 15 is 0 Å². The number of unbranched alkanes of at least 4 members (excludes halogenated alkanes) is 9. The van der Waals surface area contributed by atoms with Crippen molar-refractivity contribution in [3.8, 4) is 0 Å². The van der Waals surface area contributed by atoms with Gasteiger partial charge in [-0.15, -0.1) is 0 Å². The molecule has 1 unspecified atom stereocenters. The van der Waals surface area contributed by atoms with E-state index in [2.05, 4.69) is 26.3 Å². The Morgan fingerprint density at radius 1 is 0.778 bits per heavy atom. The first-order valence-electron chi connectivity index (χ1n) is 13.9. The van der Waals surface area contributed by atoms with Crippen LogP contribution in [-0.2, 0) is 33.2 Å². The molecule has 0 radical (unpaired) electrons. The third kappa shape index (κ3) is 17.7. The van der Waals surface area contributed by atoms with Gasteiger partial charge >= 0.3 is 65.4 Å². The van der Waals surface area contributed by atoms with Crippen LogP contribution in [0.15, 0.2) is 0 Å². The summed E-state index contributed by atoms with van der Waals surface area (Å²) in [4.78, 5) is 35.9. The fourth-order valence-electron chi connectivity index (χ4n) is 3.55. The topological polar surface area (TPSA) is 123 Å².